The quantitative estimate of drug-likeness (QED) is 0.607. The summed E-state index contributed by atoms with van der Waals surface area (Å²) in [6, 6.07) is 8.64. The van der Waals surface area contributed by atoms with Crippen molar-refractivity contribution in [1.29, 1.82) is 0 Å². The lowest BCUT2D eigenvalue weighted by Crippen LogP contribution is -2.34. The first-order valence-electron chi connectivity index (χ1n) is 8.13. The van der Waals surface area contributed by atoms with E-state index in [-0.39, 0.29) is 50.4 Å². The van der Waals surface area contributed by atoms with Gasteiger partial charge in [0.05, 0.1) is 26.5 Å². The minimum absolute atomic E-state index is 0.0487. The fraction of sp³-hybridized carbons (Fsp3) is 0.167. The average molecular weight is 426 g/mol. The van der Waals surface area contributed by atoms with Gasteiger partial charge in [-0.25, -0.2) is 4.79 Å². The number of nitrogens with zero attached hydrogens (tertiary/aromatic N) is 1. The van der Waals surface area contributed by atoms with Crippen LogP contribution in [0.3, 0.4) is 0 Å². The second-order valence-corrected chi connectivity index (χ2v) is 7.10. The predicted molar refractivity (Wildman–Crippen MR) is 106 cm³/mol. The fourth-order valence-corrected chi connectivity index (χ4v) is 3.61. The van der Waals surface area contributed by atoms with Gasteiger partial charge in [-0.3, -0.25) is 14.2 Å². The Morgan fingerprint density at radius 1 is 1.29 bits per heavy atom. The van der Waals surface area contributed by atoms with Crippen molar-refractivity contribution < 1.29 is 13.6 Å². The molecule has 0 aliphatic heterocycles. The van der Waals surface area contributed by atoms with Gasteiger partial charge in [-0.2, -0.15) is 8.78 Å². The van der Waals surface area contributed by atoms with Crippen molar-refractivity contribution in [2.24, 2.45) is 0 Å². The van der Waals surface area contributed by atoms with E-state index < -0.39 is 22.9 Å². The van der Waals surface area contributed by atoms with Crippen molar-refractivity contribution in [1.82, 2.24) is 9.55 Å². The number of anilines is 1. The van der Waals surface area contributed by atoms with E-state index in [1.54, 1.807) is 6.92 Å². The van der Waals surface area contributed by atoms with Crippen LogP contribution in [0.25, 0.3) is 10.9 Å². The van der Waals surface area contributed by atoms with Crippen LogP contribution < -0.4 is 16.6 Å². The highest BCUT2D eigenvalue weighted by Gasteiger charge is 2.17. The molecule has 0 unspecified atom stereocenters. The van der Waals surface area contributed by atoms with Gasteiger partial charge in [0, 0.05) is 12.1 Å². The Hall–Kier alpha value is -2.65. The van der Waals surface area contributed by atoms with Gasteiger partial charge in [-0.15, -0.1) is 0 Å². The molecule has 3 aromatic rings. The van der Waals surface area contributed by atoms with E-state index in [1.165, 1.54) is 36.4 Å². The van der Waals surface area contributed by atoms with E-state index in [2.05, 4.69) is 10.3 Å². The number of amides is 1. The van der Waals surface area contributed by atoms with Crippen molar-refractivity contribution in [3.05, 3.63) is 67.8 Å². The van der Waals surface area contributed by atoms with Crippen LogP contribution >= 0.6 is 23.4 Å². The van der Waals surface area contributed by atoms with Gasteiger partial charge in [-0.1, -0.05) is 29.4 Å². The van der Waals surface area contributed by atoms with Gasteiger partial charge in [0.25, 0.3) is 17.2 Å². The molecule has 0 aliphatic carbocycles. The van der Waals surface area contributed by atoms with E-state index >= 15 is 0 Å². The van der Waals surface area contributed by atoms with Crippen LogP contribution in [0, 0.1) is 0 Å². The Kier molecular flexibility index (Phi) is 5.85. The fourth-order valence-electron chi connectivity index (χ4n) is 2.69. The first-order valence-corrected chi connectivity index (χ1v) is 9.39. The normalized spacial score (nSPS) is 11.2. The van der Waals surface area contributed by atoms with Crippen molar-refractivity contribution in [3.63, 3.8) is 0 Å². The zero-order valence-electron chi connectivity index (χ0n) is 14.5. The number of alkyl halides is 2. The number of aromatic amines is 1. The van der Waals surface area contributed by atoms with Crippen LogP contribution in [0.15, 0.2) is 50.9 Å². The lowest BCUT2D eigenvalue weighted by Gasteiger charge is -2.12. The smallest absolute Gasteiger partial charge is 0.321 e. The second-order valence-electron chi connectivity index (χ2n) is 5.69. The minimum atomic E-state index is -2.71. The number of hydrogen-bond donors (Lipinski definition) is 2. The molecule has 0 bridgehead atoms. The number of rotatable bonds is 5. The number of carbonyl (C=O) groups excluding carboxylic acids is 1. The highest BCUT2D eigenvalue weighted by molar-refractivity contribution is 7.99. The number of halogens is 3. The largest absolute Gasteiger partial charge is 0.328 e. The van der Waals surface area contributed by atoms with Crippen LogP contribution in [0.5, 0.6) is 0 Å². The molecule has 0 saturated carbocycles. The number of hydrogen-bond acceptors (Lipinski definition) is 4. The maximum atomic E-state index is 12.8. The van der Waals surface area contributed by atoms with Crippen molar-refractivity contribution in [3.8, 4) is 0 Å². The summed E-state index contributed by atoms with van der Waals surface area (Å²) >= 11 is 6.19. The Morgan fingerprint density at radius 3 is 2.71 bits per heavy atom. The Balaban J connectivity index is 1.98. The standard InChI is InChI=1S/C18H14ClF2N3O3S/c1-2-24-16(26)10-7-6-9(8-13(10)23-18(24)27)15(25)22-12-5-3-4-11(19)14(12)28-17(20)21/h3-8,17H,2H2,1H3,(H,22,25)(H,23,27). The summed E-state index contributed by atoms with van der Waals surface area (Å²) in [5.41, 5.74) is -0.551. The molecule has 6 nitrogen and oxygen atoms in total. The molecule has 28 heavy (non-hydrogen) atoms. The summed E-state index contributed by atoms with van der Waals surface area (Å²) in [7, 11) is 0. The molecule has 2 N–H and O–H groups in total. The summed E-state index contributed by atoms with van der Waals surface area (Å²) in [4.78, 5) is 39.4. The summed E-state index contributed by atoms with van der Waals surface area (Å²) in [5.74, 6) is -3.30. The number of carbonyl (C=O) groups is 1. The van der Waals surface area contributed by atoms with Crippen molar-refractivity contribution >= 4 is 45.9 Å². The summed E-state index contributed by atoms with van der Waals surface area (Å²) in [6.07, 6.45) is 0. The molecule has 10 heteroatoms. The van der Waals surface area contributed by atoms with Gasteiger partial charge >= 0.3 is 5.69 Å². The van der Waals surface area contributed by atoms with E-state index in [1.807, 2.05) is 0 Å². The molecule has 3 rings (SSSR count). The Morgan fingerprint density at radius 2 is 2.04 bits per heavy atom. The van der Waals surface area contributed by atoms with Gasteiger partial charge in [0.15, 0.2) is 0 Å². The van der Waals surface area contributed by atoms with E-state index in [0.29, 0.717) is 0 Å². The maximum Gasteiger partial charge on any atom is 0.328 e. The molecule has 0 saturated heterocycles. The van der Waals surface area contributed by atoms with E-state index in [4.69, 9.17) is 11.6 Å². The monoisotopic (exact) mass is 425 g/mol. The third-order valence-electron chi connectivity index (χ3n) is 3.98. The summed E-state index contributed by atoms with van der Waals surface area (Å²) in [5, 5.41) is 2.88. The third kappa shape index (κ3) is 3.95. The first-order chi connectivity index (χ1) is 13.3. The van der Waals surface area contributed by atoms with Crippen LogP contribution in [0.2, 0.25) is 5.02 Å². The van der Waals surface area contributed by atoms with Gasteiger partial charge in [0.1, 0.15) is 0 Å². The molecule has 1 heterocycles. The zero-order chi connectivity index (χ0) is 20.4. The lowest BCUT2D eigenvalue weighted by atomic mass is 10.1. The topological polar surface area (TPSA) is 84.0 Å². The molecule has 0 aliphatic rings. The molecule has 0 fully saturated rings. The molecular formula is C18H14ClF2N3O3S. The van der Waals surface area contributed by atoms with Gasteiger partial charge < -0.3 is 10.3 Å². The number of thioether (sulfide) groups is 1. The minimum Gasteiger partial charge on any atom is -0.321 e. The maximum absolute atomic E-state index is 12.8. The highest BCUT2D eigenvalue weighted by Crippen LogP contribution is 2.37. The van der Waals surface area contributed by atoms with Crippen LogP contribution in [0.1, 0.15) is 17.3 Å². The Bertz CT molecular complexity index is 1180. The van der Waals surface area contributed by atoms with Crippen molar-refractivity contribution in [2.45, 2.75) is 24.1 Å². The molecule has 2 aromatic carbocycles. The first kappa shape index (κ1) is 20.1. The van der Waals surface area contributed by atoms with Crippen molar-refractivity contribution in [2.75, 3.05) is 5.32 Å². The molecule has 1 amide bonds. The number of fused-ring (bicyclic) bond motifs is 1. The average Bonchev–Trinajstić information content (AvgIpc) is 2.64. The number of nitrogens with one attached hydrogen (secondary N) is 2. The zero-order valence-corrected chi connectivity index (χ0v) is 16.0. The molecule has 0 spiro atoms. The molecular weight excluding hydrogens is 412 g/mol. The van der Waals surface area contributed by atoms with E-state index in [0.717, 1.165) is 4.57 Å². The predicted octanol–water partition coefficient (Wildman–Crippen LogP) is 3.93. The molecule has 146 valence electrons. The lowest BCUT2D eigenvalue weighted by molar-refractivity contribution is 0.102. The highest BCUT2D eigenvalue weighted by atomic mass is 35.5. The summed E-state index contributed by atoms with van der Waals surface area (Å²) in [6.45, 7) is 1.88. The third-order valence-corrected chi connectivity index (χ3v) is 5.26. The molecule has 1 aromatic heterocycles. The Labute approximate surface area is 166 Å². The van der Waals surface area contributed by atoms with Gasteiger partial charge in [0.2, 0.25) is 0 Å². The molecule has 0 atom stereocenters. The number of H-pyrrole nitrogens is 1. The van der Waals surface area contributed by atoms with Crippen LogP contribution in [-0.2, 0) is 6.54 Å². The van der Waals surface area contributed by atoms with Crippen LogP contribution in [-0.4, -0.2) is 21.2 Å². The number of benzene rings is 2. The second kappa shape index (κ2) is 8.15. The van der Waals surface area contributed by atoms with E-state index in [9.17, 15) is 23.2 Å². The summed E-state index contributed by atoms with van der Waals surface area (Å²) < 4.78 is 26.6. The van der Waals surface area contributed by atoms with Crippen LogP contribution in [0.4, 0.5) is 14.5 Å². The SMILES string of the molecule is CCn1c(=O)[nH]c2cc(C(=O)Nc3cccc(Cl)c3SC(F)F)ccc2c1=O. The van der Waals surface area contributed by atoms with Gasteiger partial charge in [-0.05, 0) is 37.3 Å². The number of aromatic nitrogens is 2. The molecule has 0 radical (unpaired) electrons.